The van der Waals surface area contributed by atoms with Gasteiger partial charge in [0.1, 0.15) is 5.78 Å². The van der Waals surface area contributed by atoms with Crippen LogP contribution in [0, 0.1) is 0 Å². The molecule has 0 spiro atoms. The molecule has 39 heavy (non-hydrogen) atoms. The van der Waals surface area contributed by atoms with E-state index in [9.17, 15) is 9.59 Å². The summed E-state index contributed by atoms with van der Waals surface area (Å²) in [6.07, 6.45) is 4.33. The van der Waals surface area contributed by atoms with Gasteiger partial charge in [-0.2, -0.15) is 0 Å². The van der Waals surface area contributed by atoms with Crippen LogP contribution in [0.25, 0.3) is 0 Å². The van der Waals surface area contributed by atoms with Gasteiger partial charge in [0.2, 0.25) is 0 Å². The molecule has 2 fully saturated rings. The van der Waals surface area contributed by atoms with E-state index < -0.39 is 0 Å². The van der Waals surface area contributed by atoms with E-state index in [0.717, 1.165) is 63.0 Å². The van der Waals surface area contributed by atoms with Crippen molar-refractivity contribution in [2.45, 2.75) is 49.9 Å². The van der Waals surface area contributed by atoms with E-state index in [1.165, 1.54) is 5.56 Å². The first-order chi connectivity index (χ1) is 18.8. The summed E-state index contributed by atoms with van der Waals surface area (Å²) < 4.78 is 0. The summed E-state index contributed by atoms with van der Waals surface area (Å²) in [5.41, 5.74) is 2.73. The van der Waals surface area contributed by atoms with Gasteiger partial charge in [-0.15, -0.1) is 0 Å². The Bertz CT molecular complexity index is 1310. The second kappa shape index (κ2) is 11.8. The Hall–Kier alpha value is -2.66. The van der Waals surface area contributed by atoms with Crippen molar-refractivity contribution in [3.63, 3.8) is 0 Å². The van der Waals surface area contributed by atoms with Gasteiger partial charge in [-0.05, 0) is 81.1 Å². The summed E-state index contributed by atoms with van der Waals surface area (Å²) in [5, 5.41) is 1.08. The summed E-state index contributed by atoms with van der Waals surface area (Å²) >= 11 is 12.8. The molecule has 2 heterocycles. The second-order valence-corrected chi connectivity index (χ2v) is 12.2. The Morgan fingerprint density at radius 1 is 0.769 bits per heavy atom. The molecule has 1 atom stereocenters. The Morgan fingerprint density at radius 2 is 1.44 bits per heavy atom. The number of likely N-dealkylation sites (tertiary alicyclic amines) is 2. The Labute approximate surface area is 241 Å². The number of hydrogen-bond acceptors (Lipinski definition) is 3. The smallest absolute Gasteiger partial charge is 0.253 e. The van der Waals surface area contributed by atoms with E-state index in [2.05, 4.69) is 35.2 Å². The van der Waals surface area contributed by atoms with Crippen molar-refractivity contribution in [2.24, 2.45) is 0 Å². The molecule has 0 bridgehead atoms. The number of carbonyl (C=O) groups excluding carboxylic acids is 2. The minimum Gasteiger partial charge on any atom is -0.338 e. The summed E-state index contributed by atoms with van der Waals surface area (Å²) in [6, 6.07) is 26.0. The van der Waals surface area contributed by atoms with Gasteiger partial charge in [0.15, 0.2) is 0 Å². The predicted octanol–water partition coefficient (Wildman–Crippen LogP) is 7.18. The number of hydrogen-bond donors (Lipinski definition) is 0. The van der Waals surface area contributed by atoms with Crippen molar-refractivity contribution in [2.75, 3.05) is 32.7 Å². The Kier molecular flexibility index (Phi) is 8.46. The fourth-order valence-corrected chi connectivity index (χ4v) is 7.05. The third-order valence-electron chi connectivity index (χ3n) is 8.73. The number of ketones is 1. The number of carbonyl (C=O) groups is 2. The molecule has 2 saturated heterocycles. The Balaban J connectivity index is 1.41. The number of Topliss-reactive ketones (excluding diaryl/α,β-unsaturated/α-hetero) is 1. The van der Waals surface area contributed by atoms with E-state index in [-0.39, 0.29) is 22.5 Å². The largest absolute Gasteiger partial charge is 0.338 e. The number of amides is 1. The zero-order valence-electron chi connectivity index (χ0n) is 22.5. The molecule has 0 aromatic heterocycles. The first-order valence-corrected chi connectivity index (χ1v) is 14.6. The van der Waals surface area contributed by atoms with Crippen LogP contribution in [-0.2, 0) is 15.6 Å². The van der Waals surface area contributed by atoms with Gasteiger partial charge in [0, 0.05) is 42.4 Å². The molecule has 2 aliphatic rings. The average Bonchev–Trinajstić information content (AvgIpc) is 2.96. The lowest BCUT2D eigenvalue weighted by molar-refractivity contribution is -0.118. The minimum absolute atomic E-state index is 0.0722. The number of halogens is 2. The van der Waals surface area contributed by atoms with Crippen molar-refractivity contribution in [1.82, 2.24) is 9.80 Å². The van der Waals surface area contributed by atoms with Crippen LogP contribution in [0.4, 0.5) is 0 Å². The highest BCUT2D eigenvalue weighted by Crippen LogP contribution is 2.42. The second-order valence-electron chi connectivity index (χ2n) is 11.4. The molecule has 4 nitrogen and oxygen atoms in total. The third kappa shape index (κ3) is 6.09. The van der Waals surface area contributed by atoms with E-state index >= 15 is 0 Å². The molecule has 0 saturated carbocycles. The van der Waals surface area contributed by atoms with Gasteiger partial charge in [-0.1, -0.05) is 77.8 Å². The van der Waals surface area contributed by atoms with Crippen molar-refractivity contribution < 1.29 is 9.59 Å². The van der Waals surface area contributed by atoms with Crippen LogP contribution in [0.5, 0.6) is 0 Å². The van der Waals surface area contributed by atoms with Crippen molar-refractivity contribution in [1.29, 1.82) is 0 Å². The van der Waals surface area contributed by atoms with E-state index in [4.69, 9.17) is 23.2 Å². The summed E-state index contributed by atoms with van der Waals surface area (Å²) in [7, 11) is 0. The zero-order valence-corrected chi connectivity index (χ0v) is 24.1. The number of rotatable bonds is 7. The molecule has 3 aromatic rings. The lowest BCUT2D eigenvalue weighted by Crippen LogP contribution is -2.55. The number of nitrogens with zero attached hydrogens (tertiary/aromatic N) is 2. The Morgan fingerprint density at radius 3 is 2.08 bits per heavy atom. The lowest BCUT2D eigenvalue weighted by Gasteiger charge is -2.49. The summed E-state index contributed by atoms with van der Waals surface area (Å²) in [4.78, 5) is 30.4. The SMILES string of the molecule is CC(=O)CC1(c2ccccc2)CCN(CC2(c3ccc(Cl)c(Cl)c3)CCCN(C(=O)c3ccccc3)C2)CC1. The maximum Gasteiger partial charge on any atom is 0.253 e. The molecule has 6 heteroatoms. The fraction of sp³-hybridized carbons (Fsp3) is 0.394. The van der Waals surface area contributed by atoms with Crippen molar-refractivity contribution in [3.8, 4) is 0 Å². The van der Waals surface area contributed by atoms with E-state index in [0.29, 0.717) is 23.0 Å². The molecular formula is C33H36Cl2N2O2. The molecule has 1 amide bonds. The average molecular weight is 564 g/mol. The van der Waals surface area contributed by atoms with Gasteiger partial charge in [-0.25, -0.2) is 0 Å². The zero-order chi connectivity index (χ0) is 27.5. The molecule has 0 N–H and O–H groups in total. The molecule has 2 aliphatic heterocycles. The molecule has 3 aromatic carbocycles. The standard InChI is InChI=1S/C33H36Cl2N2O2/c1-25(38)22-32(27-11-6-3-7-12-27)16-19-36(20-17-32)23-33(28-13-14-29(34)30(35)21-28)15-8-18-37(24-33)31(39)26-9-4-2-5-10-26/h2-7,9-14,21H,8,15-20,22-24H2,1H3. The monoisotopic (exact) mass is 562 g/mol. The normalized spacial score (nSPS) is 21.5. The topological polar surface area (TPSA) is 40.6 Å². The van der Waals surface area contributed by atoms with Crippen LogP contribution in [0.15, 0.2) is 78.9 Å². The van der Waals surface area contributed by atoms with Gasteiger partial charge in [-0.3, -0.25) is 9.59 Å². The molecule has 204 valence electrons. The highest BCUT2D eigenvalue weighted by molar-refractivity contribution is 6.42. The van der Waals surface area contributed by atoms with Crippen LogP contribution in [-0.4, -0.2) is 54.2 Å². The lowest BCUT2D eigenvalue weighted by atomic mass is 9.68. The van der Waals surface area contributed by atoms with Gasteiger partial charge < -0.3 is 9.80 Å². The minimum atomic E-state index is -0.260. The highest BCUT2D eigenvalue weighted by Gasteiger charge is 2.43. The van der Waals surface area contributed by atoms with Gasteiger partial charge in [0.05, 0.1) is 10.0 Å². The maximum atomic E-state index is 13.5. The van der Waals surface area contributed by atoms with Crippen LogP contribution < -0.4 is 0 Å². The van der Waals surface area contributed by atoms with E-state index in [1.54, 1.807) is 6.92 Å². The van der Waals surface area contributed by atoms with Gasteiger partial charge in [0.25, 0.3) is 5.91 Å². The first-order valence-electron chi connectivity index (χ1n) is 13.9. The van der Waals surface area contributed by atoms with Gasteiger partial charge >= 0.3 is 0 Å². The van der Waals surface area contributed by atoms with Crippen LogP contribution in [0.2, 0.25) is 10.0 Å². The summed E-state index contributed by atoms with van der Waals surface area (Å²) in [6.45, 7) is 5.71. The van der Waals surface area contributed by atoms with Crippen LogP contribution >= 0.6 is 23.2 Å². The molecule has 5 rings (SSSR count). The van der Waals surface area contributed by atoms with Crippen LogP contribution in [0.3, 0.4) is 0 Å². The fourth-order valence-electron chi connectivity index (χ4n) is 6.75. The molecule has 0 radical (unpaired) electrons. The summed E-state index contributed by atoms with van der Waals surface area (Å²) in [5.74, 6) is 0.310. The van der Waals surface area contributed by atoms with Crippen LogP contribution in [0.1, 0.15) is 60.5 Å². The van der Waals surface area contributed by atoms with Crippen molar-refractivity contribution >= 4 is 34.9 Å². The quantitative estimate of drug-likeness (QED) is 0.306. The third-order valence-corrected chi connectivity index (χ3v) is 9.47. The number of piperidine rings is 2. The molecule has 1 unspecified atom stereocenters. The number of benzene rings is 3. The van der Waals surface area contributed by atoms with Crippen molar-refractivity contribution in [3.05, 3.63) is 106 Å². The first kappa shape index (κ1) is 27.9. The molecule has 0 aliphatic carbocycles. The highest BCUT2D eigenvalue weighted by atomic mass is 35.5. The predicted molar refractivity (Wildman–Crippen MR) is 159 cm³/mol. The van der Waals surface area contributed by atoms with E-state index in [1.807, 2.05) is 53.4 Å². The maximum absolute atomic E-state index is 13.5. The molecular weight excluding hydrogens is 527 g/mol.